The topological polar surface area (TPSA) is 40.5 Å². The average Bonchev–Trinajstić information content (AvgIpc) is 2.90. The van der Waals surface area contributed by atoms with Crippen LogP contribution < -0.4 is 0 Å². The van der Waals surface area contributed by atoms with Crippen molar-refractivity contribution in [3.8, 4) is 0 Å². The van der Waals surface area contributed by atoms with Crippen molar-refractivity contribution in [2.24, 2.45) is 17.3 Å². The summed E-state index contributed by atoms with van der Waals surface area (Å²) in [5.74, 6) is 1.40. The molecule has 3 rings (SSSR count). The summed E-state index contributed by atoms with van der Waals surface area (Å²) in [4.78, 5) is 0. The van der Waals surface area contributed by atoms with Gasteiger partial charge in [0, 0.05) is 5.41 Å². The molecule has 0 aromatic heterocycles. The fourth-order valence-electron chi connectivity index (χ4n) is 4.99. The highest BCUT2D eigenvalue weighted by molar-refractivity contribution is 5.10. The third kappa shape index (κ3) is 1.32. The molecule has 3 unspecified atom stereocenters. The molecule has 3 aliphatic rings. The van der Waals surface area contributed by atoms with E-state index in [2.05, 4.69) is 0 Å². The first-order chi connectivity index (χ1) is 7.70. The smallest absolute Gasteiger partial charge is 0.0728 e. The Kier molecular flexibility index (Phi) is 2.56. The maximum absolute atomic E-state index is 11.0. The lowest BCUT2D eigenvalue weighted by Crippen LogP contribution is -2.54. The van der Waals surface area contributed by atoms with Crippen LogP contribution in [-0.4, -0.2) is 22.4 Å². The molecule has 3 saturated carbocycles. The molecule has 3 fully saturated rings. The molecule has 2 bridgehead atoms. The first kappa shape index (κ1) is 11.0. The van der Waals surface area contributed by atoms with E-state index in [1.54, 1.807) is 0 Å². The molecule has 0 aromatic carbocycles. The van der Waals surface area contributed by atoms with E-state index in [9.17, 15) is 10.2 Å². The third-order valence-corrected chi connectivity index (χ3v) is 5.87. The van der Waals surface area contributed by atoms with Crippen LogP contribution in [0.1, 0.15) is 57.8 Å². The molecule has 0 saturated heterocycles. The van der Waals surface area contributed by atoms with Crippen molar-refractivity contribution in [2.75, 3.05) is 6.61 Å². The van der Waals surface area contributed by atoms with Crippen LogP contribution >= 0.6 is 0 Å². The van der Waals surface area contributed by atoms with Crippen molar-refractivity contribution in [2.45, 2.75) is 63.4 Å². The van der Waals surface area contributed by atoms with E-state index < -0.39 is 5.60 Å². The summed E-state index contributed by atoms with van der Waals surface area (Å²) in [5.41, 5.74) is -0.670. The maximum atomic E-state index is 11.0. The highest BCUT2D eigenvalue weighted by Crippen LogP contribution is 2.62. The zero-order chi connectivity index (χ0) is 11.2. The lowest BCUT2D eigenvalue weighted by molar-refractivity contribution is -0.155. The van der Waals surface area contributed by atoms with Crippen LogP contribution in [0.25, 0.3) is 0 Å². The van der Waals surface area contributed by atoms with Crippen LogP contribution in [0, 0.1) is 17.3 Å². The van der Waals surface area contributed by atoms with Crippen molar-refractivity contribution in [3.63, 3.8) is 0 Å². The zero-order valence-corrected chi connectivity index (χ0v) is 10.1. The molecule has 0 heterocycles. The highest BCUT2D eigenvalue weighted by atomic mass is 16.3. The molecular weight excluding hydrogens is 200 g/mol. The molecule has 3 atom stereocenters. The summed E-state index contributed by atoms with van der Waals surface area (Å²) >= 11 is 0. The number of fused-ring (bicyclic) bond motifs is 2. The molecule has 2 nitrogen and oxygen atoms in total. The normalized spacial score (nSPS) is 46.1. The monoisotopic (exact) mass is 224 g/mol. The van der Waals surface area contributed by atoms with Gasteiger partial charge in [0.05, 0.1) is 12.2 Å². The average molecular weight is 224 g/mol. The molecule has 0 spiro atoms. The van der Waals surface area contributed by atoms with E-state index in [1.165, 1.54) is 25.7 Å². The Labute approximate surface area is 98.1 Å². The Morgan fingerprint density at radius 3 is 2.31 bits per heavy atom. The lowest BCUT2D eigenvalue weighted by atomic mass is 9.58. The molecule has 2 heteroatoms. The van der Waals surface area contributed by atoms with Crippen LogP contribution in [-0.2, 0) is 0 Å². The van der Waals surface area contributed by atoms with Gasteiger partial charge in [-0.15, -0.1) is 0 Å². The molecule has 2 N–H and O–H groups in total. The number of hydrogen-bond acceptors (Lipinski definition) is 2. The molecule has 0 aromatic rings. The first-order valence-electron chi connectivity index (χ1n) is 7.03. The minimum atomic E-state index is -0.542. The van der Waals surface area contributed by atoms with Gasteiger partial charge in [0.25, 0.3) is 0 Å². The predicted molar refractivity (Wildman–Crippen MR) is 63.0 cm³/mol. The van der Waals surface area contributed by atoms with E-state index in [1.807, 2.05) is 0 Å². The molecule has 3 aliphatic carbocycles. The van der Waals surface area contributed by atoms with E-state index in [0.717, 1.165) is 38.0 Å². The second-order valence-corrected chi connectivity index (χ2v) is 6.49. The van der Waals surface area contributed by atoms with Gasteiger partial charge in [-0.25, -0.2) is 0 Å². The molecule has 0 amide bonds. The second-order valence-electron chi connectivity index (χ2n) is 6.49. The quantitative estimate of drug-likeness (QED) is 0.756. The number of aliphatic hydroxyl groups is 2. The van der Waals surface area contributed by atoms with Gasteiger partial charge in [0.2, 0.25) is 0 Å². The van der Waals surface area contributed by atoms with E-state index in [0.29, 0.717) is 5.92 Å². The third-order valence-electron chi connectivity index (χ3n) is 5.87. The van der Waals surface area contributed by atoms with Crippen molar-refractivity contribution >= 4 is 0 Å². The number of aliphatic hydroxyl groups excluding tert-OH is 1. The molecule has 92 valence electrons. The second kappa shape index (κ2) is 3.71. The molecular formula is C14H24O2. The zero-order valence-electron chi connectivity index (χ0n) is 10.1. The fourth-order valence-corrected chi connectivity index (χ4v) is 4.99. The Bertz CT molecular complexity index is 270. The Hall–Kier alpha value is -0.0800. The summed E-state index contributed by atoms with van der Waals surface area (Å²) in [6, 6.07) is 0. The van der Waals surface area contributed by atoms with Gasteiger partial charge in [-0.2, -0.15) is 0 Å². The predicted octanol–water partition coefficient (Wildman–Crippen LogP) is 2.48. The number of hydrogen-bond donors (Lipinski definition) is 2. The van der Waals surface area contributed by atoms with Gasteiger partial charge in [0.15, 0.2) is 0 Å². The van der Waals surface area contributed by atoms with Gasteiger partial charge in [-0.3, -0.25) is 0 Å². The van der Waals surface area contributed by atoms with Crippen LogP contribution in [0.15, 0.2) is 0 Å². The summed E-state index contributed by atoms with van der Waals surface area (Å²) in [5, 5.41) is 20.9. The van der Waals surface area contributed by atoms with Crippen molar-refractivity contribution in [1.82, 2.24) is 0 Å². The minimum absolute atomic E-state index is 0.129. The Morgan fingerprint density at radius 2 is 1.81 bits per heavy atom. The first-order valence-corrected chi connectivity index (χ1v) is 7.03. The maximum Gasteiger partial charge on any atom is 0.0728 e. The van der Waals surface area contributed by atoms with E-state index in [-0.39, 0.29) is 12.0 Å². The molecule has 0 radical (unpaired) electrons. The summed E-state index contributed by atoms with van der Waals surface area (Å²) in [7, 11) is 0. The van der Waals surface area contributed by atoms with Gasteiger partial charge in [0.1, 0.15) is 0 Å². The van der Waals surface area contributed by atoms with Crippen molar-refractivity contribution in [1.29, 1.82) is 0 Å². The Morgan fingerprint density at radius 1 is 1.06 bits per heavy atom. The minimum Gasteiger partial charge on any atom is -0.396 e. The van der Waals surface area contributed by atoms with E-state index in [4.69, 9.17) is 0 Å². The largest absolute Gasteiger partial charge is 0.396 e. The Balaban J connectivity index is 1.89. The standard InChI is InChI=1S/C14H24O2/c15-10-13(9-11-4-5-12(13)8-11)14(16)6-2-1-3-7-14/h11-12,15-16H,1-10H2. The van der Waals surface area contributed by atoms with Gasteiger partial charge >= 0.3 is 0 Å². The van der Waals surface area contributed by atoms with Gasteiger partial charge < -0.3 is 10.2 Å². The summed E-state index contributed by atoms with van der Waals surface area (Å²) < 4.78 is 0. The van der Waals surface area contributed by atoms with Crippen LogP contribution in [0.4, 0.5) is 0 Å². The SMILES string of the molecule is OCC1(C2(O)CCCCC2)CC2CCC1C2. The summed E-state index contributed by atoms with van der Waals surface area (Å²) in [6.45, 7) is 0.213. The van der Waals surface area contributed by atoms with Gasteiger partial charge in [-0.05, 0) is 43.9 Å². The molecule has 16 heavy (non-hydrogen) atoms. The number of rotatable bonds is 2. The fraction of sp³-hybridized carbons (Fsp3) is 1.00. The van der Waals surface area contributed by atoms with E-state index >= 15 is 0 Å². The van der Waals surface area contributed by atoms with Crippen LogP contribution in [0.3, 0.4) is 0 Å². The highest BCUT2D eigenvalue weighted by Gasteiger charge is 2.60. The summed E-state index contributed by atoms with van der Waals surface area (Å²) in [6.07, 6.45) is 10.3. The van der Waals surface area contributed by atoms with Crippen LogP contribution in [0.2, 0.25) is 0 Å². The molecule has 0 aliphatic heterocycles. The van der Waals surface area contributed by atoms with Gasteiger partial charge in [-0.1, -0.05) is 25.7 Å². The lowest BCUT2D eigenvalue weighted by Gasteiger charge is -2.51. The van der Waals surface area contributed by atoms with Crippen molar-refractivity contribution < 1.29 is 10.2 Å². The van der Waals surface area contributed by atoms with Crippen LogP contribution in [0.5, 0.6) is 0 Å². The van der Waals surface area contributed by atoms with Crippen molar-refractivity contribution in [3.05, 3.63) is 0 Å².